The summed E-state index contributed by atoms with van der Waals surface area (Å²) in [4.78, 5) is 40.9. The fraction of sp³-hybridized carbons (Fsp3) is 0.174. The smallest absolute Gasteiger partial charge is 0.368 e. The first-order valence-electron chi connectivity index (χ1n) is 11.0. The van der Waals surface area contributed by atoms with Gasteiger partial charge in [0.1, 0.15) is 18.3 Å². The van der Waals surface area contributed by atoms with Crippen molar-refractivity contribution in [2.75, 3.05) is 6.54 Å². The van der Waals surface area contributed by atoms with Crippen molar-refractivity contribution >= 4 is 35.0 Å². The van der Waals surface area contributed by atoms with E-state index in [-0.39, 0.29) is 25.3 Å². The molecular formula is C23H24Cl2N8O3+2. The average molecular weight is 531 g/mol. The molecule has 3 heterocycles. The molecule has 0 spiro atoms. The summed E-state index contributed by atoms with van der Waals surface area (Å²) in [5, 5.41) is 6.73. The minimum atomic E-state index is -0.845. The zero-order valence-corrected chi connectivity index (χ0v) is 20.5. The van der Waals surface area contributed by atoms with Crippen molar-refractivity contribution in [3.8, 4) is 22.8 Å². The van der Waals surface area contributed by atoms with Gasteiger partial charge in [-0.2, -0.15) is 10.6 Å². The largest absolute Gasteiger partial charge is 0.451 e. The number of carbonyl (C=O) groups excluding carboxylic acids is 2. The lowest BCUT2D eigenvalue weighted by atomic mass is 10.1. The highest BCUT2D eigenvalue weighted by molar-refractivity contribution is 6.42. The van der Waals surface area contributed by atoms with Gasteiger partial charge in [-0.05, 0) is 22.9 Å². The molecule has 1 atom stereocenters. The molecule has 186 valence electrons. The fourth-order valence-corrected chi connectivity index (χ4v) is 3.70. The van der Waals surface area contributed by atoms with E-state index >= 15 is 0 Å². The number of aromatic amines is 2. The quantitative estimate of drug-likeness (QED) is 0.110. The number of nitrogens with two attached hydrogens (primary N) is 2. The number of benzene rings is 1. The monoisotopic (exact) mass is 530 g/mol. The van der Waals surface area contributed by atoms with E-state index in [0.29, 0.717) is 27.3 Å². The van der Waals surface area contributed by atoms with Crippen LogP contribution in [0.25, 0.3) is 16.9 Å². The van der Waals surface area contributed by atoms with Crippen LogP contribution in [0.5, 0.6) is 5.88 Å². The van der Waals surface area contributed by atoms with Crippen LogP contribution < -0.4 is 26.0 Å². The normalized spacial score (nSPS) is 11.7. The number of halogens is 2. The van der Waals surface area contributed by atoms with Crippen molar-refractivity contribution in [2.24, 2.45) is 5.73 Å². The van der Waals surface area contributed by atoms with E-state index < -0.39 is 11.9 Å². The highest BCUT2D eigenvalue weighted by Gasteiger charge is 2.25. The maximum absolute atomic E-state index is 12.4. The summed E-state index contributed by atoms with van der Waals surface area (Å²) in [5.74, 6) is -0.501. The first-order valence-corrected chi connectivity index (χ1v) is 11.7. The number of hydroxylamine groups is 1. The number of hydrogen-bond donors (Lipinski definition) is 5. The molecular weight excluding hydrogens is 507 g/mol. The molecule has 0 bridgehead atoms. The van der Waals surface area contributed by atoms with Crippen molar-refractivity contribution in [2.45, 2.75) is 18.9 Å². The van der Waals surface area contributed by atoms with Gasteiger partial charge in [0.05, 0.1) is 28.9 Å². The molecule has 3 aromatic heterocycles. The van der Waals surface area contributed by atoms with Crippen molar-refractivity contribution in [1.82, 2.24) is 25.4 Å². The predicted molar refractivity (Wildman–Crippen MR) is 131 cm³/mol. The molecule has 4 aromatic rings. The average Bonchev–Trinajstić information content (AvgIpc) is 3.54. The van der Waals surface area contributed by atoms with Crippen LogP contribution in [-0.2, 0) is 16.0 Å². The Hall–Kier alpha value is -3.93. The van der Waals surface area contributed by atoms with Crippen LogP contribution in [-0.4, -0.2) is 44.5 Å². The van der Waals surface area contributed by atoms with Crippen molar-refractivity contribution in [1.29, 1.82) is 0 Å². The van der Waals surface area contributed by atoms with Crippen LogP contribution in [0.1, 0.15) is 12.1 Å². The van der Waals surface area contributed by atoms with Crippen LogP contribution in [0.15, 0.2) is 61.3 Å². The zero-order valence-electron chi connectivity index (χ0n) is 18.9. The summed E-state index contributed by atoms with van der Waals surface area (Å²) in [7, 11) is 0. The topological polar surface area (TPSA) is 159 Å². The molecule has 0 saturated carbocycles. The number of nitrogens with zero attached hydrogens (tertiary/aromatic N) is 3. The number of amides is 2. The molecule has 7 N–H and O–H groups in total. The summed E-state index contributed by atoms with van der Waals surface area (Å²) in [5.41, 5.74) is 9.95. The summed E-state index contributed by atoms with van der Waals surface area (Å²) < 4.78 is 1.70. The highest BCUT2D eigenvalue weighted by atomic mass is 35.5. The molecule has 4 rings (SSSR count). The van der Waals surface area contributed by atoms with Gasteiger partial charge in [-0.3, -0.25) is 14.6 Å². The lowest BCUT2D eigenvalue weighted by Crippen LogP contribution is -2.87. The molecule has 2 amide bonds. The van der Waals surface area contributed by atoms with E-state index in [1.807, 2.05) is 18.2 Å². The van der Waals surface area contributed by atoms with E-state index in [4.69, 9.17) is 33.8 Å². The number of rotatable bonds is 11. The lowest BCUT2D eigenvalue weighted by Gasteiger charge is -2.14. The number of quaternary nitrogens is 1. The first-order chi connectivity index (χ1) is 17.4. The Morgan fingerprint density at radius 1 is 1.17 bits per heavy atom. The summed E-state index contributed by atoms with van der Waals surface area (Å²) >= 11 is 12.3. The van der Waals surface area contributed by atoms with E-state index in [1.165, 1.54) is 11.8 Å². The third-order valence-corrected chi connectivity index (χ3v) is 5.94. The Kier molecular flexibility index (Phi) is 8.16. The van der Waals surface area contributed by atoms with Gasteiger partial charge in [-0.1, -0.05) is 23.2 Å². The van der Waals surface area contributed by atoms with Crippen LogP contribution in [0.2, 0.25) is 10.0 Å². The minimum Gasteiger partial charge on any atom is -0.368 e. The van der Waals surface area contributed by atoms with Gasteiger partial charge in [-0.15, -0.1) is 0 Å². The minimum absolute atomic E-state index is 0.0966. The third-order valence-electron chi connectivity index (χ3n) is 5.21. The lowest BCUT2D eigenvalue weighted by molar-refractivity contribution is -0.878. The van der Waals surface area contributed by atoms with E-state index in [0.717, 1.165) is 11.3 Å². The Balaban J connectivity index is 1.40. The Bertz CT molecular complexity index is 1330. The highest BCUT2D eigenvalue weighted by Crippen LogP contribution is 2.24. The van der Waals surface area contributed by atoms with Gasteiger partial charge in [0.25, 0.3) is 0 Å². The molecule has 1 aromatic carbocycles. The molecule has 0 unspecified atom stereocenters. The van der Waals surface area contributed by atoms with Crippen LogP contribution in [0.3, 0.4) is 0 Å². The number of nitrogens with one attached hydrogen (secondary N) is 3. The molecule has 36 heavy (non-hydrogen) atoms. The zero-order chi connectivity index (χ0) is 25.5. The SMILES string of the molecule is NC(=O)[C@H](Cc1cnc[nH]1)NC(=O)CC[NH2+]Oc1cc(-c2cccnc2)[nH][n+]1-c1ccc(Cl)c(Cl)c1. The van der Waals surface area contributed by atoms with Crippen LogP contribution in [0, 0.1) is 0 Å². The van der Waals surface area contributed by atoms with Gasteiger partial charge < -0.3 is 16.0 Å². The number of aromatic nitrogens is 5. The maximum Gasteiger partial charge on any atom is 0.451 e. The molecule has 0 aliphatic heterocycles. The number of primary amides is 1. The second-order valence-electron chi connectivity index (χ2n) is 7.81. The first kappa shape index (κ1) is 25.2. The molecule has 0 fully saturated rings. The summed E-state index contributed by atoms with van der Waals surface area (Å²) in [6.07, 6.45) is 6.80. The second-order valence-corrected chi connectivity index (χ2v) is 8.62. The third kappa shape index (κ3) is 6.39. The van der Waals surface area contributed by atoms with Gasteiger partial charge >= 0.3 is 5.88 Å². The Morgan fingerprint density at radius 3 is 2.72 bits per heavy atom. The van der Waals surface area contributed by atoms with Crippen molar-refractivity contribution < 1.29 is 24.6 Å². The number of pyridine rings is 1. The summed E-state index contributed by atoms with van der Waals surface area (Å²) in [6.45, 7) is 0.288. The van der Waals surface area contributed by atoms with Gasteiger partial charge in [0.15, 0.2) is 0 Å². The predicted octanol–water partition coefficient (Wildman–Crippen LogP) is 0.843. The standard InChI is InChI=1S/C23H22Cl2N8O3/c24-17-4-3-16(9-18(17)25)33-22(10-19(32-33)14-2-1-6-27-11-14)36-30-7-5-21(34)31-20(23(26)35)8-15-12-28-13-29-15/h1-4,6,9-13,20,30H,5,7-8H2,(H4,26,28,29,31,34,35)/p+2/t20-/m0/s1. The van der Waals surface area contributed by atoms with Crippen molar-refractivity contribution in [3.63, 3.8) is 0 Å². The number of carbonyl (C=O) groups is 2. The second kappa shape index (κ2) is 11.7. The number of H-pyrrole nitrogens is 2. The van der Waals surface area contributed by atoms with E-state index in [9.17, 15) is 9.59 Å². The Labute approximate surface area is 215 Å². The molecule has 0 aliphatic carbocycles. The Morgan fingerprint density at radius 2 is 2.03 bits per heavy atom. The number of imidazole rings is 1. The molecule has 0 radical (unpaired) electrons. The van der Waals surface area contributed by atoms with Crippen LogP contribution in [0.4, 0.5) is 0 Å². The van der Waals surface area contributed by atoms with Gasteiger partial charge in [0, 0.05) is 48.4 Å². The maximum atomic E-state index is 12.4. The molecule has 0 aliphatic rings. The molecule has 11 nitrogen and oxygen atoms in total. The van der Waals surface area contributed by atoms with E-state index in [2.05, 4.69) is 25.4 Å². The van der Waals surface area contributed by atoms with Gasteiger partial charge in [-0.25, -0.2) is 9.82 Å². The van der Waals surface area contributed by atoms with Crippen LogP contribution >= 0.6 is 23.2 Å². The fourth-order valence-electron chi connectivity index (χ4n) is 3.41. The van der Waals surface area contributed by atoms with E-state index in [1.54, 1.807) is 41.5 Å². The summed E-state index contributed by atoms with van der Waals surface area (Å²) in [6, 6.07) is 9.89. The van der Waals surface area contributed by atoms with Crippen molar-refractivity contribution in [3.05, 3.63) is 77.1 Å². The molecule has 0 saturated heterocycles. The van der Waals surface area contributed by atoms with Gasteiger partial charge in [0.2, 0.25) is 17.5 Å². The number of hydrogen-bond acceptors (Lipinski definition) is 5. The molecule has 13 heteroatoms.